The molecule has 0 bridgehead atoms. The number of carbonyl (C=O) groups excluding carboxylic acids is 2. The van der Waals surface area contributed by atoms with Crippen LogP contribution in [0.1, 0.15) is 24.2 Å². The second kappa shape index (κ2) is 7.06. The van der Waals surface area contributed by atoms with Gasteiger partial charge in [0.05, 0.1) is 23.8 Å². The van der Waals surface area contributed by atoms with Gasteiger partial charge in [0, 0.05) is 11.8 Å². The minimum Gasteiger partial charge on any atom is -0.463 e. The lowest BCUT2D eigenvalue weighted by atomic mass is 9.95. The first kappa shape index (κ1) is 18.9. The van der Waals surface area contributed by atoms with Gasteiger partial charge < -0.3 is 9.64 Å². The molecule has 0 fully saturated rings. The molecule has 2 aliphatic rings. The first-order valence-corrected chi connectivity index (χ1v) is 8.47. The standard InChI is InChI=1S/C20H18F3NO3/c1-3-27-19(26)15-14-11-12(2)9-10-24(14)17(16(15)20(21,22)23)18(25)13-7-5-4-6-8-13/h4-11,14,17H,3H2,1-2H3. The van der Waals surface area contributed by atoms with Gasteiger partial charge in [0.25, 0.3) is 0 Å². The van der Waals surface area contributed by atoms with Crippen LogP contribution in [0.2, 0.25) is 0 Å². The van der Waals surface area contributed by atoms with Gasteiger partial charge in [0.15, 0.2) is 5.78 Å². The number of hydrogen-bond donors (Lipinski definition) is 0. The highest BCUT2D eigenvalue weighted by Gasteiger charge is 2.55. The molecule has 2 atom stereocenters. The summed E-state index contributed by atoms with van der Waals surface area (Å²) in [6.07, 6.45) is -0.270. The van der Waals surface area contributed by atoms with Crippen molar-refractivity contribution in [3.63, 3.8) is 0 Å². The number of halogens is 3. The third-order valence-electron chi connectivity index (χ3n) is 4.52. The first-order chi connectivity index (χ1) is 12.8. The average Bonchev–Trinajstić information content (AvgIpc) is 2.96. The molecule has 0 amide bonds. The summed E-state index contributed by atoms with van der Waals surface area (Å²) in [5, 5.41) is 0. The maximum absolute atomic E-state index is 14.0. The smallest absolute Gasteiger partial charge is 0.415 e. The topological polar surface area (TPSA) is 46.6 Å². The Morgan fingerprint density at radius 1 is 1.19 bits per heavy atom. The van der Waals surface area contributed by atoms with Gasteiger partial charge in [-0.3, -0.25) is 4.79 Å². The normalized spacial score (nSPS) is 21.8. The Hall–Kier alpha value is -2.83. The van der Waals surface area contributed by atoms with E-state index in [2.05, 4.69) is 0 Å². The van der Waals surface area contributed by atoms with Gasteiger partial charge >= 0.3 is 12.1 Å². The Balaban J connectivity index is 2.19. The van der Waals surface area contributed by atoms with Crippen LogP contribution >= 0.6 is 0 Å². The molecule has 2 aliphatic heterocycles. The number of hydrogen-bond acceptors (Lipinski definition) is 4. The minimum absolute atomic E-state index is 0.0595. The molecule has 142 valence electrons. The van der Waals surface area contributed by atoms with Crippen LogP contribution in [0, 0.1) is 0 Å². The number of ether oxygens (including phenoxy) is 1. The summed E-state index contributed by atoms with van der Waals surface area (Å²) in [4.78, 5) is 26.7. The zero-order valence-corrected chi connectivity index (χ0v) is 14.8. The van der Waals surface area contributed by atoms with E-state index in [9.17, 15) is 22.8 Å². The monoisotopic (exact) mass is 377 g/mol. The summed E-state index contributed by atoms with van der Waals surface area (Å²) in [7, 11) is 0. The number of carbonyl (C=O) groups is 2. The van der Waals surface area contributed by atoms with Crippen LogP contribution < -0.4 is 0 Å². The van der Waals surface area contributed by atoms with Crippen molar-refractivity contribution in [2.45, 2.75) is 32.1 Å². The maximum atomic E-state index is 14.0. The molecule has 0 saturated heterocycles. The molecule has 0 aromatic heterocycles. The van der Waals surface area contributed by atoms with Crippen molar-refractivity contribution < 1.29 is 27.5 Å². The van der Waals surface area contributed by atoms with Gasteiger partial charge in [-0.15, -0.1) is 0 Å². The van der Waals surface area contributed by atoms with E-state index in [-0.39, 0.29) is 12.2 Å². The summed E-state index contributed by atoms with van der Waals surface area (Å²) in [5.41, 5.74) is -0.835. The molecular formula is C20H18F3NO3. The van der Waals surface area contributed by atoms with Gasteiger partial charge in [-0.1, -0.05) is 42.0 Å². The highest BCUT2D eigenvalue weighted by atomic mass is 19.4. The van der Waals surface area contributed by atoms with Gasteiger partial charge in [-0.05, 0) is 19.9 Å². The quantitative estimate of drug-likeness (QED) is 0.591. The van der Waals surface area contributed by atoms with Crippen LogP contribution in [-0.4, -0.2) is 41.5 Å². The molecule has 27 heavy (non-hydrogen) atoms. The molecular weight excluding hydrogens is 359 g/mol. The third-order valence-corrected chi connectivity index (χ3v) is 4.52. The van der Waals surface area contributed by atoms with Gasteiger partial charge in [-0.25, -0.2) is 4.79 Å². The Morgan fingerprint density at radius 2 is 1.85 bits per heavy atom. The van der Waals surface area contributed by atoms with E-state index >= 15 is 0 Å². The number of nitrogens with zero attached hydrogens (tertiary/aromatic N) is 1. The number of alkyl halides is 3. The second-order valence-corrected chi connectivity index (χ2v) is 6.30. The summed E-state index contributed by atoms with van der Waals surface area (Å²) >= 11 is 0. The molecule has 7 heteroatoms. The average molecular weight is 377 g/mol. The fourth-order valence-corrected chi connectivity index (χ4v) is 3.40. The van der Waals surface area contributed by atoms with Crippen LogP contribution in [0.15, 0.2) is 65.4 Å². The van der Waals surface area contributed by atoms with Crippen LogP contribution in [0.4, 0.5) is 13.2 Å². The van der Waals surface area contributed by atoms with E-state index in [4.69, 9.17) is 4.74 Å². The first-order valence-electron chi connectivity index (χ1n) is 8.47. The molecule has 0 radical (unpaired) electrons. The van der Waals surface area contributed by atoms with E-state index in [1.165, 1.54) is 36.2 Å². The lowest BCUT2D eigenvalue weighted by molar-refractivity contribution is -0.139. The van der Waals surface area contributed by atoms with Crippen molar-refractivity contribution in [3.8, 4) is 0 Å². The molecule has 2 unspecified atom stereocenters. The summed E-state index contributed by atoms with van der Waals surface area (Å²) in [6, 6.07) is 5.12. The minimum atomic E-state index is -4.86. The van der Waals surface area contributed by atoms with Gasteiger partial charge in [0.1, 0.15) is 6.04 Å². The number of ketones is 1. The number of rotatable bonds is 4. The van der Waals surface area contributed by atoms with Crippen molar-refractivity contribution >= 4 is 11.8 Å². The third kappa shape index (κ3) is 3.41. The number of benzene rings is 1. The van der Waals surface area contributed by atoms with Crippen molar-refractivity contribution in [2.75, 3.05) is 6.61 Å². The fourth-order valence-electron chi connectivity index (χ4n) is 3.40. The Morgan fingerprint density at radius 3 is 2.44 bits per heavy atom. The Labute approximate surface area is 154 Å². The molecule has 0 aliphatic carbocycles. The molecule has 2 heterocycles. The van der Waals surface area contributed by atoms with Crippen molar-refractivity contribution in [2.24, 2.45) is 0 Å². The predicted octanol–water partition coefficient (Wildman–Crippen LogP) is 3.82. The van der Waals surface area contributed by atoms with E-state index < -0.39 is 41.2 Å². The van der Waals surface area contributed by atoms with Crippen molar-refractivity contribution in [1.82, 2.24) is 4.90 Å². The summed E-state index contributed by atoms with van der Waals surface area (Å²) < 4.78 is 46.8. The van der Waals surface area contributed by atoms with Gasteiger partial charge in [0.2, 0.25) is 0 Å². The maximum Gasteiger partial charge on any atom is 0.415 e. The number of esters is 1. The molecule has 1 aromatic carbocycles. The van der Waals surface area contributed by atoms with Crippen molar-refractivity contribution in [1.29, 1.82) is 0 Å². The SMILES string of the molecule is CCOC(=O)C1=C(C(F)(F)F)C(C(=O)c2ccccc2)N2C=CC(C)=CC12. The molecule has 0 saturated carbocycles. The molecule has 0 N–H and O–H groups in total. The van der Waals surface area contributed by atoms with Gasteiger partial charge in [-0.2, -0.15) is 13.2 Å². The number of Topliss-reactive ketones (excluding diaryl/α,β-unsaturated/α-hetero) is 1. The predicted molar refractivity (Wildman–Crippen MR) is 92.8 cm³/mol. The largest absolute Gasteiger partial charge is 0.463 e. The zero-order chi connectivity index (χ0) is 19.8. The van der Waals surface area contributed by atoms with Crippen LogP contribution in [0.5, 0.6) is 0 Å². The van der Waals surface area contributed by atoms with E-state index in [0.717, 1.165) is 0 Å². The molecule has 4 nitrogen and oxygen atoms in total. The number of allylic oxidation sites excluding steroid dienone is 2. The summed E-state index contributed by atoms with van der Waals surface area (Å²) in [5.74, 6) is -1.77. The molecule has 3 rings (SSSR count). The van der Waals surface area contributed by atoms with Crippen molar-refractivity contribution in [3.05, 3.63) is 71.0 Å². The zero-order valence-electron chi connectivity index (χ0n) is 14.8. The van der Waals surface area contributed by atoms with Crippen LogP contribution in [0.3, 0.4) is 0 Å². The van der Waals surface area contributed by atoms with Crippen LogP contribution in [-0.2, 0) is 9.53 Å². The summed E-state index contributed by atoms with van der Waals surface area (Å²) in [6.45, 7) is 3.18. The highest BCUT2D eigenvalue weighted by molar-refractivity contribution is 6.05. The lowest BCUT2D eigenvalue weighted by Gasteiger charge is -2.31. The van der Waals surface area contributed by atoms with E-state index in [1.54, 1.807) is 31.2 Å². The van der Waals surface area contributed by atoms with Crippen LogP contribution in [0.25, 0.3) is 0 Å². The van der Waals surface area contributed by atoms with E-state index in [1.807, 2.05) is 0 Å². The Kier molecular flexibility index (Phi) is 4.95. The molecule has 0 spiro atoms. The number of fused-ring (bicyclic) bond motifs is 1. The fraction of sp³-hybridized carbons (Fsp3) is 0.300. The lowest BCUT2D eigenvalue weighted by Crippen LogP contribution is -2.42. The molecule has 1 aromatic rings. The Bertz CT molecular complexity index is 853. The highest BCUT2D eigenvalue weighted by Crippen LogP contribution is 2.44. The van der Waals surface area contributed by atoms with E-state index in [0.29, 0.717) is 5.57 Å². The second-order valence-electron chi connectivity index (χ2n) is 6.30.